The molecule has 2 aliphatic rings. The SMILES string of the molecule is Cc1cc(-c2cn(C)nc2[C@@H]2CCCCN2C(=O)C2CCC2)on1. The topological polar surface area (TPSA) is 64.2 Å². The maximum absolute atomic E-state index is 12.9. The molecule has 1 aliphatic carbocycles. The van der Waals surface area contributed by atoms with Gasteiger partial charge in [0.15, 0.2) is 5.76 Å². The number of aromatic nitrogens is 3. The molecule has 2 aromatic heterocycles. The number of hydrogen-bond donors (Lipinski definition) is 0. The van der Waals surface area contributed by atoms with Gasteiger partial charge in [-0.25, -0.2) is 0 Å². The van der Waals surface area contributed by atoms with E-state index in [0.29, 0.717) is 5.91 Å². The largest absolute Gasteiger partial charge is 0.356 e. The second-order valence-corrected chi connectivity index (χ2v) is 7.11. The highest BCUT2D eigenvalue weighted by molar-refractivity contribution is 5.80. The molecule has 2 aromatic rings. The fourth-order valence-electron chi connectivity index (χ4n) is 3.80. The Morgan fingerprint density at radius 3 is 2.75 bits per heavy atom. The molecular formula is C18H24N4O2. The van der Waals surface area contributed by atoms with Crippen LogP contribution < -0.4 is 0 Å². The van der Waals surface area contributed by atoms with E-state index in [1.807, 2.05) is 30.9 Å². The van der Waals surface area contributed by atoms with Gasteiger partial charge in [0.25, 0.3) is 0 Å². The molecule has 1 saturated heterocycles. The fraction of sp³-hybridized carbons (Fsp3) is 0.611. The van der Waals surface area contributed by atoms with Crippen LogP contribution in [0.25, 0.3) is 11.3 Å². The molecule has 128 valence electrons. The van der Waals surface area contributed by atoms with Gasteiger partial charge in [-0.05, 0) is 39.0 Å². The van der Waals surface area contributed by atoms with Gasteiger partial charge in [-0.15, -0.1) is 0 Å². The minimum Gasteiger partial charge on any atom is -0.356 e. The Bertz CT molecular complexity index is 744. The van der Waals surface area contributed by atoms with E-state index >= 15 is 0 Å². The summed E-state index contributed by atoms with van der Waals surface area (Å²) in [6, 6.07) is 1.98. The molecular weight excluding hydrogens is 304 g/mol. The summed E-state index contributed by atoms with van der Waals surface area (Å²) in [4.78, 5) is 15.0. The minimum absolute atomic E-state index is 0.0495. The summed E-state index contributed by atoms with van der Waals surface area (Å²) in [5.74, 6) is 1.28. The van der Waals surface area contributed by atoms with Crippen molar-refractivity contribution in [2.75, 3.05) is 6.54 Å². The summed E-state index contributed by atoms with van der Waals surface area (Å²) in [5, 5.41) is 8.69. The smallest absolute Gasteiger partial charge is 0.226 e. The van der Waals surface area contributed by atoms with E-state index in [0.717, 1.165) is 61.4 Å². The second-order valence-electron chi connectivity index (χ2n) is 7.11. The van der Waals surface area contributed by atoms with Crippen LogP contribution >= 0.6 is 0 Å². The van der Waals surface area contributed by atoms with Crippen molar-refractivity contribution in [3.8, 4) is 11.3 Å². The molecule has 0 unspecified atom stereocenters. The number of carbonyl (C=O) groups excluding carboxylic acids is 1. The van der Waals surface area contributed by atoms with Gasteiger partial charge in [-0.1, -0.05) is 11.6 Å². The van der Waals surface area contributed by atoms with E-state index < -0.39 is 0 Å². The highest BCUT2D eigenvalue weighted by atomic mass is 16.5. The van der Waals surface area contributed by atoms with E-state index in [9.17, 15) is 4.79 Å². The van der Waals surface area contributed by atoms with Gasteiger partial charge in [-0.3, -0.25) is 9.48 Å². The van der Waals surface area contributed by atoms with Crippen LogP contribution in [0.2, 0.25) is 0 Å². The zero-order valence-electron chi connectivity index (χ0n) is 14.4. The normalized spacial score (nSPS) is 21.8. The standard InChI is InChI=1S/C18H24N4O2/c1-12-10-16(24-20-12)14-11-21(2)19-17(14)15-8-3-4-9-22(15)18(23)13-6-5-7-13/h10-11,13,15H,3-9H2,1-2H3/t15-/m0/s1. The molecule has 0 radical (unpaired) electrons. The van der Waals surface area contributed by atoms with E-state index in [2.05, 4.69) is 10.1 Å². The first-order valence-corrected chi connectivity index (χ1v) is 8.91. The maximum atomic E-state index is 12.9. The van der Waals surface area contributed by atoms with Crippen molar-refractivity contribution in [1.29, 1.82) is 0 Å². The highest BCUT2D eigenvalue weighted by Gasteiger charge is 2.37. The van der Waals surface area contributed by atoms with Crippen LogP contribution in [0.1, 0.15) is 56.0 Å². The number of likely N-dealkylation sites (tertiary alicyclic amines) is 1. The number of hydrogen-bond acceptors (Lipinski definition) is 4. The maximum Gasteiger partial charge on any atom is 0.226 e. The van der Waals surface area contributed by atoms with E-state index in [4.69, 9.17) is 9.62 Å². The first-order valence-electron chi connectivity index (χ1n) is 8.91. The quantitative estimate of drug-likeness (QED) is 0.867. The summed E-state index contributed by atoms with van der Waals surface area (Å²) in [6.45, 7) is 2.75. The number of carbonyl (C=O) groups is 1. The molecule has 3 heterocycles. The van der Waals surface area contributed by atoms with Crippen LogP contribution in [0, 0.1) is 12.8 Å². The van der Waals surface area contributed by atoms with Gasteiger partial charge in [-0.2, -0.15) is 5.10 Å². The fourth-order valence-corrected chi connectivity index (χ4v) is 3.80. The Kier molecular flexibility index (Phi) is 3.90. The zero-order valence-corrected chi connectivity index (χ0v) is 14.4. The molecule has 0 bridgehead atoms. The second kappa shape index (κ2) is 6.07. The van der Waals surface area contributed by atoms with Crippen molar-refractivity contribution in [2.45, 2.75) is 51.5 Å². The number of rotatable bonds is 3. The number of nitrogens with zero attached hydrogens (tertiary/aromatic N) is 4. The van der Waals surface area contributed by atoms with Gasteiger partial charge in [0, 0.05) is 31.8 Å². The lowest BCUT2D eigenvalue weighted by Crippen LogP contribution is -2.44. The van der Waals surface area contributed by atoms with E-state index in [-0.39, 0.29) is 12.0 Å². The number of piperidine rings is 1. The lowest BCUT2D eigenvalue weighted by Gasteiger charge is -2.39. The summed E-state index contributed by atoms with van der Waals surface area (Å²) in [7, 11) is 1.91. The predicted molar refractivity (Wildman–Crippen MR) is 89.1 cm³/mol. The molecule has 1 amide bonds. The molecule has 2 fully saturated rings. The van der Waals surface area contributed by atoms with Gasteiger partial charge < -0.3 is 9.42 Å². The number of aryl methyl sites for hydroxylation is 2. The lowest BCUT2D eigenvalue weighted by atomic mass is 9.83. The predicted octanol–water partition coefficient (Wildman–Crippen LogP) is 3.24. The van der Waals surface area contributed by atoms with Crippen molar-refractivity contribution < 1.29 is 9.32 Å². The molecule has 0 spiro atoms. The summed E-state index contributed by atoms with van der Waals surface area (Å²) in [6.07, 6.45) is 8.41. The Morgan fingerprint density at radius 2 is 2.08 bits per heavy atom. The van der Waals surface area contributed by atoms with Gasteiger partial charge in [0.1, 0.15) is 0 Å². The Balaban J connectivity index is 1.69. The van der Waals surface area contributed by atoms with Crippen molar-refractivity contribution in [1.82, 2.24) is 19.8 Å². The third-order valence-electron chi connectivity index (χ3n) is 5.31. The van der Waals surface area contributed by atoms with Crippen molar-refractivity contribution >= 4 is 5.91 Å². The van der Waals surface area contributed by atoms with Crippen LogP contribution in [0.3, 0.4) is 0 Å². The Morgan fingerprint density at radius 1 is 1.25 bits per heavy atom. The van der Waals surface area contributed by atoms with Gasteiger partial charge in [0.05, 0.1) is 23.0 Å². The third-order valence-corrected chi connectivity index (χ3v) is 5.31. The first-order chi connectivity index (χ1) is 11.6. The molecule has 1 atom stereocenters. The molecule has 4 rings (SSSR count). The highest BCUT2D eigenvalue weighted by Crippen LogP contribution is 2.39. The minimum atomic E-state index is 0.0495. The average molecular weight is 328 g/mol. The summed E-state index contributed by atoms with van der Waals surface area (Å²) >= 11 is 0. The Hall–Kier alpha value is -2.11. The molecule has 6 nitrogen and oxygen atoms in total. The van der Waals surface area contributed by atoms with E-state index in [1.54, 1.807) is 0 Å². The van der Waals surface area contributed by atoms with Crippen molar-refractivity contribution in [3.63, 3.8) is 0 Å². The van der Waals surface area contributed by atoms with Crippen LogP contribution in [0.5, 0.6) is 0 Å². The molecule has 1 aliphatic heterocycles. The van der Waals surface area contributed by atoms with Crippen molar-refractivity contribution in [3.05, 3.63) is 23.7 Å². The number of amides is 1. The van der Waals surface area contributed by atoms with Gasteiger partial charge >= 0.3 is 0 Å². The van der Waals surface area contributed by atoms with Crippen LogP contribution in [-0.2, 0) is 11.8 Å². The first kappa shape index (κ1) is 15.4. The summed E-state index contributed by atoms with van der Waals surface area (Å²) < 4.78 is 7.27. The molecule has 0 aromatic carbocycles. The van der Waals surface area contributed by atoms with E-state index in [1.165, 1.54) is 6.42 Å². The average Bonchev–Trinajstić information content (AvgIpc) is 3.11. The molecule has 6 heteroatoms. The summed E-state index contributed by atoms with van der Waals surface area (Å²) in [5.41, 5.74) is 2.75. The monoisotopic (exact) mass is 328 g/mol. The van der Waals surface area contributed by atoms with Gasteiger partial charge in [0.2, 0.25) is 5.91 Å². The van der Waals surface area contributed by atoms with Crippen LogP contribution in [-0.4, -0.2) is 32.3 Å². The zero-order chi connectivity index (χ0) is 16.7. The molecule has 1 saturated carbocycles. The Labute approximate surface area is 141 Å². The lowest BCUT2D eigenvalue weighted by molar-refractivity contribution is -0.142. The third kappa shape index (κ3) is 2.64. The van der Waals surface area contributed by atoms with Crippen molar-refractivity contribution in [2.24, 2.45) is 13.0 Å². The molecule has 24 heavy (non-hydrogen) atoms. The molecule has 0 N–H and O–H groups in total. The van der Waals surface area contributed by atoms with Crippen LogP contribution in [0.4, 0.5) is 0 Å². The van der Waals surface area contributed by atoms with Crippen LogP contribution in [0.15, 0.2) is 16.8 Å².